The number of nitrogens with zero attached hydrogens (tertiary/aromatic N) is 2. The van der Waals surface area contributed by atoms with E-state index in [0.717, 1.165) is 11.1 Å². The number of amides is 1. The molecule has 0 saturated carbocycles. The standard InChI is InChI=1S/C23H18ClN3O4/c24-17-8-4-7-16(11-17)13-27-10-9-26-14-18(20(28)21(29)19(26)23(27)31)22(30)25-12-15-5-2-1-3-6-15/h1-11,14,29H,12-13H2,(H,25,30). The number of pyridine rings is 1. The van der Waals surface area contributed by atoms with E-state index in [2.05, 4.69) is 5.32 Å². The summed E-state index contributed by atoms with van der Waals surface area (Å²) in [6.07, 6.45) is 4.28. The van der Waals surface area contributed by atoms with Crippen LogP contribution in [0.1, 0.15) is 21.5 Å². The van der Waals surface area contributed by atoms with Crippen molar-refractivity contribution in [3.05, 3.63) is 115 Å². The van der Waals surface area contributed by atoms with E-state index in [1.54, 1.807) is 18.2 Å². The van der Waals surface area contributed by atoms with Crippen molar-refractivity contribution in [2.45, 2.75) is 13.1 Å². The normalized spacial score (nSPS) is 10.9. The summed E-state index contributed by atoms with van der Waals surface area (Å²) in [5.74, 6) is -1.40. The van der Waals surface area contributed by atoms with E-state index < -0.39 is 22.6 Å². The molecule has 156 valence electrons. The molecular formula is C23H18ClN3O4. The number of rotatable bonds is 5. The topological polar surface area (TPSA) is 92.8 Å². The van der Waals surface area contributed by atoms with Gasteiger partial charge in [-0.15, -0.1) is 0 Å². The molecule has 0 aliphatic heterocycles. The highest BCUT2D eigenvalue weighted by Crippen LogP contribution is 2.14. The molecule has 8 heteroatoms. The fourth-order valence-electron chi connectivity index (χ4n) is 3.30. The van der Waals surface area contributed by atoms with Gasteiger partial charge in [-0.25, -0.2) is 0 Å². The van der Waals surface area contributed by atoms with Gasteiger partial charge in [0, 0.05) is 30.2 Å². The van der Waals surface area contributed by atoms with E-state index >= 15 is 0 Å². The van der Waals surface area contributed by atoms with Crippen LogP contribution >= 0.6 is 11.6 Å². The second-order valence-electron chi connectivity index (χ2n) is 7.01. The van der Waals surface area contributed by atoms with Gasteiger partial charge in [-0.1, -0.05) is 54.1 Å². The molecular weight excluding hydrogens is 418 g/mol. The number of aromatic nitrogens is 2. The van der Waals surface area contributed by atoms with Gasteiger partial charge in [-0.3, -0.25) is 14.4 Å². The summed E-state index contributed by atoms with van der Waals surface area (Å²) in [4.78, 5) is 38.0. The zero-order valence-electron chi connectivity index (χ0n) is 16.3. The molecule has 7 nitrogen and oxygen atoms in total. The van der Waals surface area contributed by atoms with E-state index in [1.165, 1.54) is 27.6 Å². The minimum absolute atomic E-state index is 0.200. The minimum Gasteiger partial charge on any atom is -0.503 e. The van der Waals surface area contributed by atoms with Crippen LogP contribution in [-0.4, -0.2) is 20.0 Å². The fourth-order valence-corrected chi connectivity index (χ4v) is 3.51. The van der Waals surface area contributed by atoms with Crippen LogP contribution in [-0.2, 0) is 13.1 Å². The molecule has 0 radical (unpaired) electrons. The summed E-state index contributed by atoms with van der Waals surface area (Å²) >= 11 is 5.99. The molecule has 0 fully saturated rings. The van der Waals surface area contributed by atoms with Crippen LogP contribution in [0.4, 0.5) is 0 Å². The quantitative estimate of drug-likeness (QED) is 0.504. The second kappa shape index (κ2) is 8.49. The summed E-state index contributed by atoms with van der Waals surface area (Å²) in [6, 6.07) is 16.3. The molecule has 0 aliphatic rings. The first kappa shape index (κ1) is 20.4. The smallest absolute Gasteiger partial charge is 0.279 e. The highest BCUT2D eigenvalue weighted by Gasteiger charge is 2.19. The maximum Gasteiger partial charge on any atom is 0.279 e. The predicted octanol–water partition coefficient (Wildman–Crippen LogP) is 2.80. The zero-order chi connectivity index (χ0) is 22.0. The van der Waals surface area contributed by atoms with E-state index in [9.17, 15) is 19.5 Å². The molecule has 0 bridgehead atoms. The fraction of sp³-hybridized carbons (Fsp3) is 0.0870. The first-order valence-electron chi connectivity index (χ1n) is 9.48. The third-order valence-electron chi connectivity index (χ3n) is 4.86. The Morgan fingerprint density at radius 1 is 1.00 bits per heavy atom. The van der Waals surface area contributed by atoms with Gasteiger partial charge in [0.25, 0.3) is 11.5 Å². The van der Waals surface area contributed by atoms with Crippen molar-refractivity contribution in [1.82, 2.24) is 14.3 Å². The summed E-state index contributed by atoms with van der Waals surface area (Å²) < 4.78 is 2.64. The molecule has 2 aromatic heterocycles. The number of benzene rings is 2. The van der Waals surface area contributed by atoms with Gasteiger partial charge in [0.2, 0.25) is 5.43 Å². The lowest BCUT2D eigenvalue weighted by Crippen LogP contribution is -2.31. The van der Waals surface area contributed by atoms with Crippen LogP contribution in [0.15, 0.2) is 82.8 Å². The Hall–Kier alpha value is -3.84. The first-order valence-corrected chi connectivity index (χ1v) is 9.86. The molecule has 1 amide bonds. The number of fused-ring (bicyclic) bond motifs is 1. The molecule has 2 aromatic carbocycles. The number of hydrogen-bond acceptors (Lipinski definition) is 4. The Kier molecular flexibility index (Phi) is 5.60. The van der Waals surface area contributed by atoms with Gasteiger partial charge >= 0.3 is 0 Å². The molecule has 4 aromatic rings. The Morgan fingerprint density at radius 2 is 1.74 bits per heavy atom. The number of hydrogen-bond donors (Lipinski definition) is 2. The predicted molar refractivity (Wildman–Crippen MR) is 118 cm³/mol. The number of carbonyl (C=O) groups is 1. The number of halogens is 1. The lowest BCUT2D eigenvalue weighted by Gasteiger charge is -2.11. The van der Waals surface area contributed by atoms with E-state index in [1.807, 2.05) is 36.4 Å². The lowest BCUT2D eigenvalue weighted by atomic mass is 10.2. The third-order valence-corrected chi connectivity index (χ3v) is 5.10. The average Bonchev–Trinajstić information content (AvgIpc) is 2.77. The summed E-state index contributed by atoms with van der Waals surface area (Å²) in [7, 11) is 0. The number of aromatic hydroxyl groups is 1. The maximum absolute atomic E-state index is 12.9. The van der Waals surface area contributed by atoms with Crippen LogP contribution in [0.2, 0.25) is 5.02 Å². The van der Waals surface area contributed by atoms with Crippen LogP contribution in [0.25, 0.3) is 5.52 Å². The molecule has 4 rings (SSSR count). The SMILES string of the molecule is O=C(NCc1ccccc1)c1cn2ccn(Cc3cccc(Cl)c3)c(=O)c2c(O)c1=O. The van der Waals surface area contributed by atoms with Crippen LogP contribution in [0, 0.1) is 0 Å². The van der Waals surface area contributed by atoms with Gasteiger partial charge in [0.1, 0.15) is 5.56 Å². The summed E-state index contributed by atoms with van der Waals surface area (Å²) in [5, 5.41) is 13.6. The summed E-state index contributed by atoms with van der Waals surface area (Å²) in [5.41, 5.74) is -0.258. The van der Waals surface area contributed by atoms with E-state index in [4.69, 9.17) is 11.6 Å². The van der Waals surface area contributed by atoms with Gasteiger partial charge < -0.3 is 19.4 Å². The van der Waals surface area contributed by atoms with Gasteiger partial charge in [0.15, 0.2) is 11.3 Å². The second-order valence-corrected chi connectivity index (χ2v) is 7.44. The van der Waals surface area contributed by atoms with Crippen molar-refractivity contribution in [3.63, 3.8) is 0 Å². The van der Waals surface area contributed by atoms with Crippen molar-refractivity contribution in [3.8, 4) is 5.75 Å². The molecule has 0 unspecified atom stereocenters. The molecule has 2 N–H and O–H groups in total. The molecule has 0 atom stereocenters. The first-order chi connectivity index (χ1) is 14.9. The van der Waals surface area contributed by atoms with Crippen molar-refractivity contribution in [2.24, 2.45) is 0 Å². The molecule has 31 heavy (non-hydrogen) atoms. The lowest BCUT2D eigenvalue weighted by molar-refractivity contribution is 0.0949. The van der Waals surface area contributed by atoms with Crippen LogP contribution < -0.4 is 16.3 Å². The Bertz CT molecular complexity index is 1390. The third kappa shape index (κ3) is 4.22. The largest absolute Gasteiger partial charge is 0.503 e. The number of nitrogens with one attached hydrogen (secondary N) is 1. The van der Waals surface area contributed by atoms with E-state index in [-0.39, 0.29) is 24.2 Å². The molecule has 0 saturated heterocycles. The Labute approximate surface area is 181 Å². The molecule has 0 aliphatic carbocycles. The van der Waals surface area contributed by atoms with Crippen molar-refractivity contribution < 1.29 is 9.90 Å². The van der Waals surface area contributed by atoms with Gasteiger partial charge in [-0.05, 0) is 23.3 Å². The minimum atomic E-state index is -0.900. The maximum atomic E-state index is 12.9. The molecule has 2 heterocycles. The monoisotopic (exact) mass is 435 g/mol. The van der Waals surface area contributed by atoms with Crippen LogP contribution in [0.5, 0.6) is 5.75 Å². The number of carbonyl (C=O) groups excluding carboxylic acids is 1. The Morgan fingerprint density at radius 3 is 2.48 bits per heavy atom. The van der Waals surface area contributed by atoms with Crippen LogP contribution in [0.3, 0.4) is 0 Å². The van der Waals surface area contributed by atoms with Gasteiger partial charge in [0.05, 0.1) is 6.54 Å². The zero-order valence-corrected chi connectivity index (χ0v) is 17.0. The van der Waals surface area contributed by atoms with Crippen molar-refractivity contribution in [2.75, 3.05) is 0 Å². The van der Waals surface area contributed by atoms with Crippen molar-refractivity contribution in [1.29, 1.82) is 0 Å². The summed E-state index contributed by atoms with van der Waals surface area (Å²) in [6.45, 7) is 0.437. The van der Waals surface area contributed by atoms with Gasteiger partial charge in [-0.2, -0.15) is 0 Å². The molecule has 0 spiro atoms. The highest BCUT2D eigenvalue weighted by atomic mass is 35.5. The average molecular weight is 436 g/mol. The van der Waals surface area contributed by atoms with Crippen molar-refractivity contribution >= 4 is 23.0 Å². The van der Waals surface area contributed by atoms with E-state index in [0.29, 0.717) is 5.02 Å². The highest BCUT2D eigenvalue weighted by molar-refractivity contribution is 6.30. The Balaban J connectivity index is 1.68.